The number of pyridine rings is 2. The van der Waals surface area contributed by atoms with Gasteiger partial charge in [0.15, 0.2) is 9.79 Å². The number of aromatic amines is 2. The lowest BCUT2D eigenvalue weighted by Gasteiger charge is -2.20. The van der Waals surface area contributed by atoms with Gasteiger partial charge < -0.3 is 49.6 Å². The Morgan fingerprint density at radius 2 is 0.944 bits per heavy atom. The Bertz CT molecular complexity index is 3170. The number of H-pyrrole nitrogens is 2. The molecule has 0 saturated heterocycles. The highest BCUT2D eigenvalue weighted by Gasteiger charge is 2.34. The summed E-state index contributed by atoms with van der Waals surface area (Å²) in [6.07, 6.45) is 3.11. The summed E-state index contributed by atoms with van der Waals surface area (Å²) in [5, 5.41) is 25.2. The Labute approximate surface area is 412 Å². The molecule has 0 radical (unpaired) electrons. The number of sulfone groups is 2. The molecule has 2 heterocycles. The number of anilines is 2. The second-order valence-corrected chi connectivity index (χ2v) is 20.8. The lowest BCUT2D eigenvalue weighted by atomic mass is 9.98. The van der Waals surface area contributed by atoms with Gasteiger partial charge in [-0.2, -0.15) is 0 Å². The zero-order valence-corrected chi connectivity index (χ0v) is 42.6. The van der Waals surface area contributed by atoms with Crippen molar-refractivity contribution < 1.29 is 55.5 Å². The molecule has 1 amide bonds. The fourth-order valence-corrected chi connectivity index (χ4v) is 10.3. The van der Waals surface area contributed by atoms with E-state index in [4.69, 9.17) is 29.4 Å². The average Bonchev–Trinajstić information content (AvgIpc) is 3.31. The van der Waals surface area contributed by atoms with Gasteiger partial charge in [0.05, 0.1) is 60.5 Å². The predicted molar refractivity (Wildman–Crippen MR) is 270 cm³/mol. The Morgan fingerprint density at radius 1 is 0.592 bits per heavy atom. The van der Waals surface area contributed by atoms with Crippen molar-refractivity contribution in [3.05, 3.63) is 117 Å². The molecule has 0 aliphatic rings. The lowest BCUT2D eigenvalue weighted by molar-refractivity contribution is 0.0635. The van der Waals surface area contributed by atoms with Crippen molar-refractivity contribution in [2.75, 3.05) is 39.5 Å². The number of nitrogens with one attached hydrogen (secondary N) is 3. The van der Waals surface area contributed by atoms with Gasteiger partial charge in [0.1, 0.15) is 40.1 Å². The van der Waals surface area contributed by atoms with E-state index in [-0.39, 0.29) is 26.6 Å². The van der Waals surface area contributed by atoms with Gasteiger partial charge in [-0.15, -0.1) is 0 Å². The third kappa shape index (κ3) is 12.1. The molecule has 0 bridgehead atoms. The van der Waals surface area contributed by atoms with Gasteiger partial charge in [0.25, 0.3) is 11.1 Å². The highest BCUT2D eigenvalue weighted by atomic mass is 32.2. The van der Waals surface area contributed by atoms with Crippen LogP contribution in [0.5, 0.6) is 34.5 Å². The third-order valence-corrected chi connectivity index (χ3v) is 14.5. The molecule has 0 aliphatic carbocycles. The minimum atomic E-state index is -4.50. The maximum atomic E-state index is 13.7. The molecule has 0 atom stereocenters. The molecule has 7 N–H and O–H groups in total. The minimum Gasteiger partial charge on any atom is -0.506 e. The molecule has 6 aromatic rings. The van der Waals surface area contributed by atoms with E-state index in [1.165, 1.54) is 77.0 Å². The summed E-state index contributed by atoms with van der Waals surface area (Å²) in [5.41, 5.74) is 5.44. The van der Waals surface area contributed by atoms with Gasteiger partial charge in [-0.1, -0.05) is 38.8 Å². The molecule has 380 valence electrons. The number of carbonyl (C=O) groups is 1. The smallest absolute Gasteiger partial charge is 0.412 e. The van der Waals surface area contributed by atoms with Crippen molar-refractivity contribution in [3.8, 4) is 56.8 Å². The number of amides is 1. The second-order valence-electron chi connectivity index (χ2n) is 17.0. The third-order valence-electron chi connectivity index (χ3n) is 10.9. The first-order valence-corrected chi connectivity index (χ1v) is 25.4. The Morgan fingerprint density at radius 3 is 1.27 bits per heavy atom. The Kier molecular flexibility index (Phi) is 17.6. The van der Waals surface area contributed by atoms with Gasteiger partial charge in [0.2, 0.25) is 19.7 Å². The number of aromatic hydroxyl groups is 2. The monoisotopic (exact) mass is 1020 g/mol. The number of ether oxygens (including phenoxy) is 5. The maximum Gasteiger partial charge on any atom is 0.412 e. The number of nitrogen functional groups attached to an aromatic ring is 1. The molecule has 18 nitrogen and oxygen atoms in total. The van der Waals surface area contributed by atoms with E-state index in [1.54, 1.807) is 57.2 Å². The predicted octanol–water partition coefficient (Wildman–Crippen LogP) is 8.81. The summed E-state index contributed by atoms with van der Waals surface area (Å²) in [7, 11) is -3.06. The van der Waals surface area contributed by atoms with E-state index in [0.717, 1.165) is 12.8 Å². The highest BCUT2D eigenvalue weighted by Crippen LogP contribution is 2.48. The molecule has 0 aliphatic heterocycles. The molecular formula is C51H60N4O14S2. The van der Waals surface area contributed by atoms with Crippen LogP contribution in [0, 0.1) is 0 Å². The van der Waals surface area contributed by atoms with Crippen molar-refractivity contribution in [3.63, 3.8) is 0 Å². The number of hydrogen-bond donors (Lipinski definition) is 6. The van der Waals surface area contributed by atoms with E-state index >= 15 is 0 Å². The summed E-state index contributed by atoms with van der Waals surface area (Å²) in [6.45, 7) is 9.11. The van der Waals surface area contributed by atoms with Crippen molar-refractivity contribution in [2.24, 2.45) is 0 Å². The summed E-state index contributed by atoms with van der Waals surface area (Å²) >= 11 is 0. The molecular weight excluding hydrogens is 957 g/mol. The Balaban J connectivity index is 0.000000269. The molecule has 0 spiro atoms. The first-order chi connectivity index (χ1) is 33.6. The fraction of sp³-hybridized carbons (Fsp3) is 0.314. The van der Waals surface area contributed by atoms with E-state index in [0.29, 0.717) is 76.9 Å². The first-order valence-electron chi connectivity index (χ1n) is 22.4. The van der Waals surface area contributed by atoms with Crippen molar-refractivity contribution in [2.45, 2.75) is 98.3 Å². The van der Waals surface area contributed by atoms with Crippen LogP contribution in [0.25, 0.3) is 22.3 Å². The van der Waals surface area contributed by atoms with Gasteiger partial charge in [-0.05, 0) is 119 Å². The molecule has 4 aromatic carbocycles. The molecule has 71 heavy (non-hydrogen) atoms. The molecule has 2 aromatic heterocycles. The molecule has 0 fully saturated rings. The van der Waals surface area contributed by atoms with Crippen LogP contribution in [0.2, 0.25) is 0 Å². The summed E-state index contributed by atoms with van der Waals surface area (Å²) < 4.78 is 81.1. The van der Waals surface area contributed by atoms with E-state index in [9.17, 15) is 41.4 Å². The van der Waals surface area contributed by atoms with E-state index in [1.807, 2.05) is 13.8 Å². The van der Waals surface area contributed by atoms with Crippen LogP contribution in [0.4, 0.5) is 16.2 Å². The standard InChI is InChI=1S/C28H34N2O8S.C23H26N2O6S/c1-7-8-10-19-22(23-20(36-5)11-9-12-21(23)37-6)24(31)25(26(32)30-19)39(34,35)18-15-13-17(14-16-18)29-27(33)38-28(2,3)4;1-4-5-7-16-19(20-17(30-2)8-6-9-18(20)31-3)21(26)22(23(27)25-16)32(28,29)15-12-10-14(24)11-13-15/h9,11-16H,7-8,10H2,1-6H3,(H,29,33)(H2,30,31,32);6,8-13H,4-5,7,24H2,1-3H3,(H2,25,26,27). The number of aromatic nitrogens is 2. The van der Waals surface area contributed by atoms with Crippen molar-refractivity contribution in [1.29, 1.82) is 0 Å². The number of nitrogens with two attached hydrogens (primary N) is 1. The molecule has 0 saturated carbocycles. The van der Waals surface area contributed by atoms with Gasteiger partial charge >= 0.3 is 6.09 Å². The number of hydrogen-bond acceptors (Lipinski definition) is 15. The van der Waals surface area contributed by atoms with Crippen LogP contribution < -0.4 is 41.1 Å². The van der Waals surface area contributed by atoms with Gasteiger partial charge in [-0.25, -0.2) is 21.6 Å². The molecule has 6 rings (SSSR count). The lowest BCUT2D eigenvalue weighted by Crippen LogP contribution is -2.27. The zero-order chi connectivity index (χ0) is 52.4. The highest BCUT2D eigenvalue weighted by molar-refractivity contribution is 7.92. The van der Waals surface area contributed by atoms with E-state index < -0.39 is 63.8 Å². The number of methoxy groups -OCH3 is 4. The fourth-order valence-electron chi connectivity index (χ4n) is 7.58. The number of benzene rings is 4. The largest absolute Gasteiger partial charge is 0.506 e. The minimum absolute atomic E-state index is 0.110. The summed E-state index contributed by atoms with van der Waals surface area (Å²) in [4.78, 5) is 41.5. The normalized spacial score (nSPS) is 11.5. The van der Waals surface area contributed by atoms with Crippen molar-refractivity contribution in [1.82, 2.24) is 9.97 Å². The van der Waals surface area contributed by atoms with Gasteiger partial charge in [0, 0.05) is 22.8 Å². The Hall–Kier alpha value is -7.45. The second kappa shape index (κ2) is 23.0. The van der Waals surface area contributed by atoms with Gasteiger partial charge in [-0.3, -0.25) is 14.9 Å². The van der Waals surface area contributed by atoms with Crippen molar-refractivity contribution >= 4 is 37.1 Å². The van der Waals surface area contributed by atoms with Crippen LogP contribution in [0.15, 0.2) is 114 Å². The zero-order valence-electron chi connectivity index (χ0n) is 41.0. The van der Waals surface area contributed by atoms with Crippen LogP contribution in [0.1, 0.15) is 71.7 Å². The van der Waals surface area contributed by atoms with Crippen LogP contribution >= 0.6 is 0 Å². The van der Waals surface area contributed by atoms with E-state index in [2.05, 4.69) is 15.3 Å². The maximum absolute atomic E-state index is 13.7. The van der Waals surface area contributed by atoms with Crippen LogP contribution in [-0.4, -0.2) is 77.2 Å². The average molecular weight is 1020 g/mol. The summed E-state index contributed by atoms with van der Waals surface area (Å²) in [5.74, 6) is 0.0226. The van der Waals surface area contributed by atoms with Crippen LogP contribution in [-0.2, 0) is 37.3 Å². The molecule has 0 unspecified atom stereocenters. The topological polar surface area (TPSA) is 276 Å². The SMILES string of the molecule is CCCCc1[nH]c(=O)c(S(=O)(=O)c2ccc(N)cc2)c(O)c1-c1c(OC)cccc1OC.CCCCc1[nH]c(=O)c(S(=O)(=O)c2ccc(NC(=O)OC(C)(C)C)cc2)c(O)c1-c1c(OC)cccc1OC. The number of unbranched alkanes of at least 4 members (excludes halogenated alkanes) is 2. The number of carbonyl (C=O) groups excluding carboxylic acids is 1. The summed E-state index contributed by atoms with van der Waals surface area (Å²) in [6, 6.07) is 20.6. The number of rotatable bonds is 17. The number of aryl methyl sites for hydroxylation is 2. The molecule has 20 heteroatoms. The first kappa shape index (κ1) is 54.5. The van der Waals surface area contributed by atoms with Crippen LogP contribution in [0.3, 0.4) is 0 Å². The quantitative estimate of drug-likeness (QED) is 0.0466.